The number of nitriles is 1. The van der Waals surface area contributed by atoms with Crippen LogP contribution in [0.25, 0.3) is 0 Å². The van der Waals surface area contributed by atoms with Gasteiger partial charge in [-0.1, -0.05) is 49.0 Å². The summed E-state index contributed by atoms with van der Waals surface area (Å²) in [6.45, 7) is 2.79. The second-order valence-corrected chi connectivity index (χ2v) is 8.98. The number of nitrogens with one attached hydrogen (secondary N) is 1. The summed E-state index contributed by atoms with van der Waals surface area (Å²) >= 11 is 1.38. The van der Waals surface area contributed by atoms with Crippen molar-refractivity contribution in [2.45, 2.75) is 62.3 Å². The van der Waals surface area contributed by atoms with Crippen LogP contribution in [0.15, 0.2) is 35.5 Å². The molecule has 1 saturated carbocycles. The van der Waals surface area contributed by atoms with Crippen LogP contribution in [0, 0.1) is 11.3 Å². The van der Waals surface area contributed by atoms with Gasteiger partial charge < -0.3 is 9.88 Å². The molecule has 0 spiro atoms. The van der Waals surface area contributed by atoms with E-state index in [0.717, 1.165) is 48.6 Å². The molecule has 0 unspecified atom stereocenters. The molecule has 0 bridgehead atoms. The van der Waals surface area contributed by atoms with E-state index in [9.17, 15) is 10.1 Å². The summed E-state index contributed by atoms with van der Waals surface area (Å²) in [5.74, 6) is 0.993. The zero-order chi connectivity index (χ0) is 21.6. The van der Waals surface area contributed by atoms with Gasteiger partial charge in [-0.3, -0.25) is 9.69 Å². The monoisotopic (exact) mass is 426 g/mol. The van der Waals surface area contributed by atoms with E-state index < -0.39 is 5.54 Å². The van der Waals surface area contributed by atoms with Gasteiger partial charge in [-0.2, -0.15) is 5.26 Å². The highest BCUT2D eigenvalue weighted by atomic mass is 32.2. The number of benzene rings is 1. The molecular weight excluding hydrogens is 396 g/mol. The fourth-order valence-electron chi connectivity index (χ4n) is 4.02. The minimum absolute atomic E-state index is 0.126. The molecule has 1 aliphatic rings. The van der Waals surface area contributed by atoms with Crippen molar-refractivity contribution < 1.29 is 4.79 Å². The molecule has 1 amide bonds. The Labute approximate surface area is 182 Å². The highest BCUT2D eigenvalue weighted by Gasteiger charge is 2.35. The molecule has 7 nitrogen and oxygen atoms in total. The number of aromatic nitrogens is 3. The smallest absolute Gasteiger partial charge is 0.231 e. The number of nitrogens with zero attached hydrogens (tertiary/aromatic N) is 5. The van der Waals surface area contributed by atoms with Crippen molar-refractivity contribution in [3.63, 3.8) is 0 Å². The molecule has 1 aromatic heterocycles. The Morgan fingerprint density at radius 2 is 2.00 bits per heavy atom. The van der Waals surface area contributed by atoms with Gasteiger partial charge in [0.05, 0.1) is 24.4 Å². The maximum atomic E-state index is 12.6. The van der Waals surface area contributed by atoms with Crippen molar-refractivity contribution in [3.05, 3.63) is 41.7 Å². The number of carbonyl (C=O) groups excluding carboxylic acids is 1. The molecule has 1 N–H and O–H groups in total. The highest BCUT2D eigenvalue weighted by molar-refractivity contribution is 7.99. The molecule has 2 aromatic rings. The average molecular weight is 427 g/mol. The molecule has 1 fully saturated rings. The third-order valence-corrected chi connectivity index (χ3v) is 6.59. The van der Waals surface area contributed by atoms with Gasteiger partial charge in [0.2, 0.25) is 5.91 Å². The van der Waals surface area contributed by atoms with E-state index in [2.05, 4.69) is 50.1 Å². The number of carbonyl (C=O) groups is 1. The summed E-state index contributed by atoms with van der Waals surface area (Å²) in [5, 5.41) is 22.1. The SMILES string of the molecule is CC[C@H](c1nnc(SCC(=O)NC2(C#N)CCCC2)n1Cc1ccccc1)N(C)C. The molecule has 3 rings (SSSR count). The van der Waals surface area contributed by atoms with Gasteiger partial charge >= 0.3 is 0 Å². The Kier molecular flexibility index (Phi) is 7.51. The van der Waals surface area contributed by atoms with Crippen molar-refractivity contribution in [1.29, 1.82) is 5.26 Å². The molecule has 160 valence electrons. The zero-order valence-electron chi connectivity index (χ0n) is 18.0. The number of amides is 1. The number of thioether (sulfide) groups is 1. The first-order valence-electron chi connectivity index (χ1n) is 10.5. The lowest BCUT2D eigenvalue weighted by molar-refractivity contribution is -0.119. The number of rotatable bonds is 9. The minimum atomic E-state index is -0.696. The first-order chi connectivity index (χ1) is 14.5. The Bertz CT molecular complexity index is 883. The summed E-state index contributed by atoms with van der Waals surface area (Å²) in [7, 11) is 4.08. The van der Waals surface area contributed by atoms with Crippen LogP contribution in [0.1, 0.15) is 56.5 Å². The molecule has 1 atom stereocenters. The first-order valence-corrected chi connectivity index (χ1v) is 11.4. The molecule has 8 heteroatoms. The van der Waals surface area contributed by atoms with Crippen LogP contribution in [-0.4, -0.2) is 51.0 Å². The van der Waals surface area contributed by atoms with E-state index in [-0.39, 0.29) is 17.7 Å². The summed E-state index contributed by atoms with van der Waals surface area (Å²) in [4.78, 5) is 14.7. The van der Waals surface area contributed by atoms with Crippen LogP contribution in [0.4, 0.5) is 0 Å². The van der Waals surface area contributed by atoms with E-state index in [1.807, 2.05) is 32.3 Å². The fourth-order valence-corrected chi connectivity index (χ4v) is 4.77. The van der Waals surface area contributed by atoms with Crippen LogP contribution < -0.4 is 5.32 Å². The summed E-state index contributed by atoms with van der Waals surface area (Å²) in [6.07, 6.45) is 4.34. The minimum Gasteiger partial charge on any atom is -0.337 e. The molecule has 1 aliphatic carbocycles. The van der Waals surface area contributed by atoms with Crippen LogP contribution in [0.3, 0.4) is 0 Å². The van der Waals surface area contributed by atoms with Gasteiger partial charge in [0.15, 0.2) is 11.0 Å². The standard InChI is InChI=1S/C22H30N6OS/c1-4-18(27(2)3)20-25-26-21(28(20)14-17-10-6-5-7-11-17)30-15-19(29)24-22(16-23)12-8-9-13-22/h5-7,10-11,18H,4,8-9,12-15H2,1-3H3,(H,24,29)/t18-/m1/s1. The van der Waals surface area contributed by atoms with Crippen molar-refractivity contribution in [2.24, 2.45) is 0 Å². The maximum Gasteiger partial charge on any atom is 0.231 e. The Balaban J connectivity index is 1.77. The molecular formula is C22H30N6OS. The molecule has 30 heavy (non-hydrogen) atoms. The van der Waals surface area contributed by atoms with Crippen LogP contribution >= 0.6 is 11.8 Å². The normalized spacial score (nSPS) is 16.4. The molecule has 0 radical (unpaired) electrons. The second-order valence-electron chi connectivity index (χ2n) is 8.04. The predicted molar refractivity (Wildman–Crippen MR) is 118 cm³/mol. The number of hydrogen-bond donors (Lipinski definition) is 1. The Hall–Kier alpha value is -2.37. The fraction of sp³-hybridized carbons (Fsp3) is 0.545. The van der Waals surface area contributed by atoms with E-state index in [1.54, 1.807) is 0 Å². The van der Waals surface area contributed by atoms with Crippen LogP contribution in [0.2, 0.25) is 0 Å². The lowest BCUT2D eigenvalue weighted by Crippen LogP contribution is -2.45. The van der Waals surface area contributed by atoms with Crippen molar-refractivity contribution in [1.82, 2.24) is 25.0 Å². The van der Waals surface area contributed by atoms with Gasteiger partial charge in [0.25, 0.3) is 0 Å². The average Bonchev–Trinajstić information content (AvgIpc) is 3.36. The second kappa shape index (κ2) is 10.1. The van der Waals surface area contributed by atoms with Crippen molar-refractivity contribution in [3.8, 4) is 6.07 Å². The lowest BCUT2D eigenvalue weighted by atomic mass is 10.0. The van der Waals surface area contributed by atoms with Gasteiger partial charge in [-0.15, -0.1) is 10.2 Å². The van der Waals surface area contributed by atoms with Gasteiger partial charge in [-0.25, -0.2) is 0 Å². The van der Waals surface area contributed by atoms with E-state index in [0.29, 0.717) is 6.54 Å². The molecule has 0 saturated heterocycles. The quantitative estimate of drug-likeness (QED) is 0.619. The Morgan fingerprint density at radius 1 is 1.30 bits per heavy atom. The highest BCUT2D eigenvalue weighted by Crippen LogP contribution is 2.30. The van der Waals surface area contributed by atoms with E-state index in [1.165, 1.54) is 11.8 Å². The van der Waals surface area contributed by atoms with E-state index in [4.69, 9.17) is 0 Å². The zero-order valence-corrected chi connectivity index (χ0v) is 18.8. The van der Waals surface area contributed by atoms with Gasteiger partial charge in [0, 0.05) is 0 Å². The van der Waals surface area contributed by atoms with E-state index >= 15 is 0 Å². The predicted octanol–water partition coefficient (Wildman–Crippen LogP) is 3.38. The van der Waals surface area contributed by atoms with Crippen molar-refractivity contribution in [2.75, 3.05) is 19.8 Å². The largest absolute Gasteiger partial charge is 0.337 e. The summed E-state index contributed by atoms with van der Waals surface area (Å²) in [5.41, 5.74) is 0.464. The van der Waals surface area contributed by atoms with Gasteiger partial charge in [0.1, 0.15) is 5.54 Å². The molecule has 0 aliphatic heterocycles. The van der Waals surface area contributed by atoms with Crippen LogP contribution in [-0.2, 0) is 11.3 Å². The summed E-state index contributed by atoms with van der Waals surface area (Å²) < 4.78 is 2.11. The first kappa shape index (κ1) is 22.3. The van der Waals surface area contributed by atoms with Crippen molar-refractivity contribution >= 4 is 17.7 Å². The summed E-state index contributed by atoms with van der Waals surface area (Å²) in [6, 6.07) is 12.7. The molecule has 1 aromatic carbocycles. The molecule has 1 heterocycles. The van der Waals surface area contributed by atoms with Crippen LogP contribution in [0.5, 0.6) is 0 Å². The van der Waals surface area contributed by atoms with Gasteiger partial charge in [-0.05, 0) is 51.8 Å². The Morgan fingerprint density at radius 3 is 2.60 bits per heavy atom. The maximum absolute atomic E-state index is 12.6. The lowest BCUT2D eigenvalue weighted by Gasteiger charge is -2.23. The topological polar surface area (TPSA) is 86.8 Å². The third-order valence-electron chi connectivity index (χ3n) is 5.62. The third kappa shape index (κ3) is 5.21. The number of hydrogen-bond acceptors (Lipinski definition) is 6.